The number of anilines is 1. The Morgan fingerprint density at radius 1 is 1.11 bits per heavy atom. The molecule has 0 saturated heterocycles. The molecule has 0 saturated carbocycles. The maximum absolute atomic E-state index is 12.7. The van der Waals surface area contributed by atoms with Crippen LogP contribution < -0.4 is 10.6 Å². The summed E-state index contributed by atoms with van der Waals surface area (Å²) >= 11 is 1.28. The number of nitrogens with one attached hydrogen (secondary N) is 2. The van der Waals surface area contributed by atoms with Gasteiger partial charge in [-0.1, -0.05) is 47.0 Å². The summed E-state index contributed by atoms with van der Waals surface area (Å²) in [7, 11) is 1.26. The second-order valence-corrected chi connectivity index (χ2v) is 6.34. The molecule has 1 atom stereocenters. The van der Waals surface area contributed by atoms with E-state index in [1.165, 1.54) is 18.6 Å². The Kier molecular flexibility index (Phi) is 6.11. The van der Waals surface area contributed by atoms with Gasteiger partial charge in [0.05, 0.1) is 7.11 Å². The predicted octanol–water partition coefficient (Wildman–Crippen LogP) is 3.11. The first-order valence-corrected chi connectivity index (χ1v) is 9.06. The standard InChI is InChI=1S/C19H18N4O3S/c1-26-19(25)21-16(11-13-5-3-2-4-6-13)18(24)20-15-9-7-14(8-10-15)17-12-27-23-22-17/h2-10,12,16H,11H2,1H3,(H,20,24)(H,21,25). The van der Waals surface area contributed by atoms with Crippen molar-refractivity contribution < 1.29 is 14.3 Å². The molecule has 8 heteroatoms. The first-order valence-electron chi connectivity index (χ1n) is 8.22. The molecule has 27 heavy (non-hydrogen) atoms. The van der Waals surface area contributed by atoms with E-state index < -0.39 is 12.1 Å². The molecular weight excluding hydrogens is 364 g/mol. The van der Waals surface area contributed by atoms with Gasteiger partial charge < -0.3 is 15.4 Å². The predicted molar refractivity (Wildman–Crippen MR) is 103 cm³/mol. The van der Waals surface area contributed by atoms with Gasteiger partial charge in [0, 0.05) is 23.1 Å². The van der Waals surface area contributed by atoms with E-state index in [1.54, 1.807) is 12.1 Å². The molecule has 2 aromatic carbocycles. The third-order valence-corrected chi connectivity index (χ3v) is 4.39. The molecule has 3 rings (SSSR count). The van der Waals surface area contributed by atoms with E-state index in [2.05, 4.69) is 25.0 Å². The quantitative estimate of drug-likeness (QED) is 0.683. The van der Waals surface area contributed by atoms with Crippen LogP contribution in [0.5, 0.6) is 0 Å². The number of alkyl carbamates (subject to hydrolysis) is 1. The molecule has 138 valence electrons. The average Bonchev–Trinajstić information content (AvgIpc) is 3.23. The first-order chi connectivity index (χ1) is 13.2. The van der Waals surface area contributed by atoms with Gasteiger partial charge in [-0.3, -0.25) is 4.79 Å². The van der Waals surface area contributed by atoms with Crippen molar-refractivity contribution in [3.05, 3.63) is 65.5 Å². The zero-order chi connectivity index (χ0) is 19.1. The van der Waals surface area contributed by atoms with Crippen LogP contribution in [0.4, 0.5) is 10.5 Å². The lowest BCUT2D eigenvalue weighted by Gasteiger charge is -2.18. The second kappa shape index (κ2) is 8.91. The molecule has 7 nitrogen and oxygen atoms in total. The van der Waals surface area contributed by atoms with Gasteiger partial charge in [-0.25, -0.2) is 4.79 Å². The van der Waals surface area contributed by atoms with E-state index in [4.69, 9.17) is 0 Å². The minimum Gasteiger partial charge on any atom is -0.453 e. The van der Waals surface area contributed by atoms with Crippen LogP contribution in [0.1, 0.15) is 5.56 Å². The maximum Gasteiger partial charge on any atom is 0.407 e. The molecular formula is C19H18N4O3S. The number of carbonyl (C=O) groups excluding carboxylic acids is 2. The van der Waals surface area contributed by atoms with E-state index in [9.17, 15) is 9.59 Å². The molecule has 1 heterocycles. The Balaban J connectivity index is 1.70. The van der Waals surface area contributed by atoms with E-state index in [-0.39, 0.29) is 5.91 Å². The topological polar surface area (TPSA) is 93.2 Å². The van der Waals surface area contributed by atoms with Gasteiger partial charge in [0.2, 0.25) is 5.91 Å². The van der Waals surface area contributed by atoms with Gasteiger partial charge in [0.1, 0.15) is 11.7 Å². The number of hydrogen-bond donors (Lipinski definition) is 2. The number of hydrogen-bond acceptors (Lipinski definition) is 6. The lowest BCUT2D eigenvalue weighted by atomic mass is 10.1. The number of ether oxygens (including phenoxy) is 1. The molecule has 0 bridgehead atoms. The van der Waals surface area contributed by atoms with Crippen LogP contribution in [0.15, 0.2) is 60.0 Å². The third-order valence-electron chi connectivity index (χ3n) is 3.88. The summed E-state index contributed by atoms with van der Waals surface area (Å²) in [6.45, 7) is 0. The van der Waals surface area contributed by atoms with E-state index in [0.29, 0.717) is 12.1 Å². The molecule has 1 unspecified atom stereocenters. The highest BCUT2D eigenvalue weighted by Crippen LogP contribution is 2.20. The number of amides is 2. The largest absolute Gasteiger partial charge is 0.453 e. The van der Waals surface area contributed by atoms with Gasteiger partial charge >= 0.3 is 6.09 Å². The Labute approximate surface area is 160 Å². The summed E-state index contributed by atoms with van der Waals surface area (Å²) in [6.07, 6.45) is -0.304. The lowest BCUT2D eigenvalue weighted by molar-refractivity contribution is -0.118. The van der Waals surface area contributed by atoms with Crippen LogP contribution in [0.2, 0.25) is 0 Å². The number of methoxy groups -OCH3 is 1. The fraction of sp³-hybridized carbons (Fsp3) is 0.158. The molecule has 1 aromatic heterocycles. The van der Waals surface area contributed by atoms with Crippen molar-refractivity contribution in [2.75, 3.05) is 12.4 Å². The minimum atomic E-state index is -0.762. The van der Waals surface area contributed by atoms with Crippen LogP contribution in [-0.2, 0) is 16.0 Å². The van der Waals surface area contributed by atoms with Crippen LogP contribution in [0, 0.1) is 0 Å². The van der Waals surface area contributed by atoms with Gasteiger partial charge in [0.15, 0.2) is 0 Å². The number of rotatable bonds is 6. The van der Waals surface area contributed by atoms with Crippen LogP contribution in [0.25, 0.3) is 11.3 Å². The van der Waals surface area contributed by atoms with Crippen molar-refractivity contribution in [3.8, 4) is 11.3 Å². The first kappa shape index (κ1) is 18.5. The smallest absolute Gasteiger partial charge is 0.407 e. The van der Waals surface area contributed by atoms with Crippen molar-refractivity contribution in [2.24, 2.45) is 0 Å². The molecule has 2 N–H and O–H groups in total. The van der Waals surface area contributed by atoms with Crippen molar-refractivity contribution in [3.63, 3.8) is 0 Å². The summed E-state index contributed by atoms with van der Waals surface area (Å²) in [5.41, 5.74) is 3.25. The minimum absolute atomic E-state index is 0.327. The van der Waals surface area contributed by atoms with Crippen LogP contribution in [-0.4, -0.2) is 34.7 Å². The van der Waals surface area contributed by atoms with Gasteiger partial charge in [0.25, 0.3) is 0 Å². The summed E-state index contributed by atoms with van der Waals surface area (Å²) < 4.78 is 8.47. The van der Waals surface area contributed by atoms with E-state index in [0.717, 1.165) is 16.8 Å². The third kappa shape index (κ3) is 5.11. The lowest BCUT2D eigenvalue weighted by Crippen LogP contribution is -2.45. The Hall–Kier alpha value is -3.26. The molecule has 0 radical (unpaired) electrons. The molecule has 0 fully saturated rings. The number of aromatic nitrogens is 2. The highest BCUT2D eigenvalue weighted by Gasteiger charge is 2.21. The molecule has 2 amide bonds. The SMILES string of the molecule is COC(=O)NC(Cc1ccccc1)C(=O)Nc1ccc(-c2csnn2)cc1. The normalized spacial score (nSPS) is 11.4. The van der Waals surface area contributed by atoms with Gasteiger partial charge in [-0.05, 0) is 29.2 Å². The van der Waals surface area contributed by atoms with Crippen LogP contribution in [0.3, 0.4) is 0 Å². The Morgan fingerprint density at radius 2 is 1.85 bits per heavy atom. The summed E-state index contributed by atoms with van der Waals surface area (Å²) in [6, 6.07) is 16.0. The van der Waals surface area contributed by atoms with E-state index in [1.807, 2.05) is 47.8 Å². The van der Waals surface area contributed by atoms with E-state index >= 15 is 0 Å². The van der Waals surface area contributed by atoms with Gasteiger partial charge in [-0.15, -0.1) is 5.10 Å². The Bertz CT molecular complexity index is 883. The Morgan fingerprint density at radius 3 is 2.48 bits per heavy atom. The highest BCUT2D eigenvalue weighted by molar-refractivity contribution is 7.03. The van der Waals surface area contributed by atoms with Crippen molar-refractivity contribution in [2.45, 2.75) is 12.5 Å². The second-order valence-electron chi connectivity index (χ2n) is 5.73. The average molecular weight is 382 g/mol. The summed E-state index contributed by atoms with van der Waals surface area (Å²) in [5, 5.41) is 11.3. The zero-order valence-corrected chi connectivity index (χ0v) is 15.4. The van der Waals surface area contributed by atoms with Crippen molar-refractivity contribution in [1.82, 2.24) is 14.9 Å². The molecule has 0 spiro atoms. The van der Waals surface area contributed by atoms with Crippen molar-refractivity contribution in [1.29, 1.82) is 0 Å². The monoisotopic (exact) mass is 382 g/mol. The molecule has 0 aliphatic carbocycles. The van der Waals surface area contributed by atoms with Crippen LogP contribution >= 0.6 is 11.5 Å². The summed E-state index contributed by atoms with van der Waals surface area (Å²) in [4.78, 5) is 24.3. The number of benzene rings is 2. The molecule has 3 aromatic rings. The zero-order valence-electron chi connectivity index (χ0n) is 14.6. The van der Waals surface area contributed by atoms with Crippen molar-refractivity contribution >= 4 is 29.2 Å². The molecule has 0 aliphatic rings. The number of carbonyl (C=O) groups is 2. The summed E-state index contributed by atoms with van der Waals surface area (Å²) in [5.74, 6) is -0.327. The number of nitrogens with zero attached hydrogens (tertiary/aromatic N) is 2. The highest BCUT2D eigenvalue weighted by atomic mass is 32.1. The fourth-order valence-corrected chi connectivity index (χ4v) is 2.97. The molecule has 0 aliphatic heterocycles. The fourth-order valence-electron chi connectivity index (χ4n) is 2.50. The van der Waals surface area contributed by atoms with Gasteiger partial charge in [-0.2, -0.15) is 0 Å². The maximum atomic E-state index is 12.7.